The second kappa shape index (κ2) is 8.39. The summed E-state index contributed by atoms with van der Waals surface area (Å²) in [6.07, 6.45) is 2.02. The first-order valence-electron chi connectivity index (χ1n) is 10.8. The first kappa shape index (κ1) is 20.7. The van der Waals surface area contributed by atoms with Crippen LogP contribution < -0.4 is 5.32 Å². The number of benzene rings is 2. The smallest absolute Gasteiger partial charge is 0.324 e. The summed E-state index contributed by atoms with van der Waals surface area (Å²) < 4.78 is 5.58. The number of carbonyl (C=O) groups excluding carboxylic acids is 2. The average molecular weight is 451 g/mol. The molecule has 164 valence electrons. The third kappa shape index (κ3) is 3.88. The fourth-order valence-corrected chi connectivity index (χ4v) is 4.77. The van der Waals surface area contributed by atoms with E-state index in [9.17, 15) is 9.59 Å². The van der Waals surface area contributed by atoms with E-state index in [0.29, 0.717) is 29.6 Å². The van der Waals surface area contributed by atoms with Crippen molar-refractivity contribution in [2.75, 3.05) is 0 Å². The SMILES string of the molecule is Cc1ccccc1-c1noc(C2CCC3C(=O)N(Cc4ccc(Cl)cc4)C(=O)NC3C2)n1. The third-order valence-electron chi connectivity index (χ3n) is 6.42. The molecule has 1 aliphatic heterocycles. The van der Waals surface area contributed by atoms with Gasteiger partial charge in [0.2, 0.25) is 17.6 Å². The Morgan fingerprint density at radius 2 is 1.91 bits per heavy atom. The van der Waals surface area contributed by atoms with Crippen LogP contribution in [0.15, 0.2) is 53.1 Å². The van der Waals surface area contributed by atoms with Gasteiger partial charge in [-0.3, -0.25) is 9.69 Å². The lowest BCUT2D eigenvalue weighted by Crippen LogP contribution is -2.60. The van der Waals surface area contributed by atoms with E-state index in [-0.39, 0.29) is 36.4 Å². The van der Waals surface area contributed by atoms with E-state index in [1.165, 1.54) is 4.90 Å². The zero-order valence-corrected chi connectivity index (χ0v) is 18.4. The van der Waals surface area contributed by atoms with Gasteiger partial charge in [0.1, 0.15) is 0 Å². The zero-order valence-electron chi connectivity index (χ0n) is 17.6. The maximum Gasteiger partial charge on any atom is 0.324 e. The van der Waals surface area contributed by atoms with Gasteiger partial charge in [-0.05, 0) is 49.4 Å². The van der Waals surface area contributed by atoms with Crippen LogP contribution in [0.2, 0.25) is 5.02 Å². The molecule has 3 amide bonds. The molecule has 1 aromatic heterocycles. The van der Waals surface area contributed by atoms with Crippen molar-refractivity contribution in [2.24, 2.45) is 5.92 Å². The topological polar surface area (TPSA) is 88.3 Å². The van der Waals surface area contributed by atoms with Crippen molar-refractivity contribution >= 4 is 23.5 Å². The molecule has 3 atom stereocenters. The van der Waals surface area contributed by atoms with Gasteiger partial charge in [-0.2, -0.15) is 4.98 Å². The van der Waals surface area contributed by atoms with Gasteiger partial charge in [-0.15, -0.1) is 0 Å². The predicted octanol–water partition coefficient (Wildman–Crippen LogP) is 4.70. The molecule has 2 fully saturated rings. The summed E-state index contributed by atoms with van der Waals surface area (Å²) in [6, 6.07) is 14.5. The second-order valence-electron chi connectivity index (χ2n) is 8.49. The lowest BCUT2D eigenvalue weighted by atomic mass is 9.76. The van der Waals surface area contributed by atoms with Gasteiger partial charge in [0.15, 0.2) is 0 Å². The minimum atomic E-state index is -0.363. The molecule has 2 aliphatic rings. The summed E-state index contributed by atoms with van der Waals surface area (Å²) in [7, 11) is 0. The zero-order chi connectivity index (χ0) is 22.2. The number of fused-ring (bicyclic) bond motifs is 1. The average Bonchev–Trinajstić information content (AvgIpc) is 3.28. The standard InChI is InChI=1S/C24H23ClN4O3/c1-14-4-2-3-5-18(14)21-27-22(32-28-21)16-8-11-19-20(12-16)26-24(31)29(23(19)30)13-15-6-9-17(25)10-7-15/h2-7,9-10,16,19-20H,8,11-13H2,1H3,(H,26,31). The summed E-state index contributed by atoms with van der Waals surface area (Å²) in [5.74, 6) is 0.774. The Hall–Kier alpha value is -3.19. The van der Waals surface area contributed by atoms with Crippen molar-refractivity contribution in [3.05, 3.63) is 70.6 Å². The number of amides is 3. The van der Waals surface area contributed by atoms with Crippen molar-refractivity contribution in [2.45, 2.75) is 44.7 Å². The molecule has 1 aliphatic carbocycles. The molecule has 1 N–H and O–H groups in total. The van der Waals surface area contributed by atoms with Gasteiger partial charge in [0.25, 0.3) is 0 Å². The lowest BCUT2D eigenvalue weighted by molar-refractivity contribution is -0.137. The third-order valence-corrected chi connectivity index (χ3v) is 6.67. The summed E-state index contributed by atoms with van der Waals surface area (Å²) >= 11 is 5.93. The van der Waals surface area contributed by atoms with Crippen LogP contribution in [-0.2, 0) is 11.3 Å². The van der Waals surface area contributed by atoms with Crippen LogP contribution in [0, 0.1) is 12.8 Å². The van der Waals surface area contributed by atoms with E-state index < -0.39 is 0 Å². The van der Waals surface area contributed by atoms with Gasteiger partial charge in [0, 0.05) is 22.5 Å². The maximum absolute atomic E-state index is 13.1. The van der Waals surface area contributed by atoms with Crippen LogP contribution in [-0.4, -0.2) is 33.0 Å². The monoisotopic (exact) mass is 450 g/mol. The van der Waals surface area contributed by atoms with Crippen molar-refractivity contribution < 1.29 is 14.1 Å². The second-order valence-corrected chi connectivity index (χ2v) is 8.93. The van der Waals surface area contributed by atoms with Gasteiger partial charge < -0.3 is 9.84 Å². The molecule has 1 saturated heterocycles. The molecule has 2 aromatic carbocycles. The van der Waals surface area contributed by atoms with E-state index in [1.807, 2.05) is 43.3 Å². The van der Waals surface area contributed by atoms with Crippen molar-refractivity contribution in [1.82, 2.24) is 20.4 Å². The first-order valence-corrected chi connectivity index (χ1v) is 11.1. The molecule has 0 radical (unpaired) electrons. The van der Waals surface area contributed by atoms with Crippen molar-refractivity contribution in [3.63, 3.8) is 0 Å². The Bertz CT molecular complexity index is 1160. The van der Waals surface area contributed by atoms with E-state index in [0.717, 1.165) is 23.1 Å². The highest BCUT2D eigenvalue weighted by molar-refractivity contribution is 6.30. The molecule has 1 saturated carbocycles. The number of hydrogen-bond acceptors (Lipinski definition) is 5. The molecular weight excluding hydrogens is 428 g/mol. The molecular formula is C24H23ClN4O3. The van der Waals surface area contributed by atoms with E-state index in [1.54, 1.807) is 12.1 Å². The molecule has 3 aromatic rings. The fourth-order valence-electron chi connectivity index (χ4n) is 4.64. The van der Waals surface area contributed by atoms with Gasteiger partial charge >= 0.3 is 6.03 Å². The molecule has 2 heterocycles. The van der Waals surface area contributed by atoms with Crippen molar-refractivity contribution in [3.8, 4) is 11.4 Å². The van der Waals surface area contributed by atoms with E-state index >= 15 is 0 Å². The summed E-state index contributed by atoms with van der Waals surface area (Å²) in [4.78, 5) is 31.7. The number of nitrogens with one attached hydrogen (secondary N) is 1. The summed E-state index contributed by atoms with van der Waals surface area (Å²) in [5.41, 5.74) is 2.88. The summed E-state index contributed by atoms with van der Waals surface area (Å²) in [6.45, 7) is 2.24. The van der Waals surface area contributed by atoms with Crippen LogP contribution in [0.4, 0.5) is 4.79 Å². The van der Waals surface area contributed by atoms with E-state index in [2.05, 4.69) is 15.5 Å². The van der Waals surface area contributed by atoms with Crippen LogP contribution in [0.1, 0.15) is 42.2 Å². The number of aryl methyl sites for hydroxylation is 1. The number of urea groups is 1. The molecule has 0 spiro atoms. The normalized spacial score (nSPS) is 23.1. The molecule has 7 nitrogen and oxygen atoms in total. The van der Waals surface area contributed by atoms with Gasteiger partial charge in [-0.25, -0.2) is 4.79 Å². The molecule has 0 bridgehead atoms. The first-order chi connectivity index (χ1) is 15.5. The number of halogens is 1. The van der Waals surface area contributed by atoms with Crippen LogP contribution in [0.25, 0.3) is 11.4 Å². The van der Waals surface area contributed by atoms with Crippen LogP contribution >= 0.6 is 11.6 Å². The van der Waals surface area contributed by atoms with Gasteiger partial charge in [0.05, 0.1) is 12.5 Å². The highest BCUT2D eigenvalue weighted by Gasteiger charge is 2.45. The largest absolute Gasteiger partial charge is 0.339 e. The highest BCUT2D eigenvalue weighted by atomic mass is 35.5. The maximum atomic E-state index is 13.1. The molecule has 32 heavy (non-hydrogen) atoms. The Morgan fingerprint density at radius 3 is 2.69 bits per heavy atom. The molecule has 3 unspecified atom stereocenters. The summed E-state index contributed by atoms with van der Waals surface area (Å²) in [5, 5.41) is 7.81. The van der Waals surface area contributed by atoms with Crippen LogP contribution in [0.3, 0.4) is 0 Å². The number of nitrogens with zero attached hydrogens (tertiary/aromatic N) is 3. The fraction of sp³-hybridized carbons (Fsp3) is 0.333. The minimum absolute atomic E-state index is 0.0115. The number of carbonyl (C=O) groups is 2. The Balaban J connectivity index is 1.29. The highest BCUT2D eigenvalue weighted by Crippen LogP contribution is 2.38. The Labute approximate surface area is 190 Å². The van der Waals surface area contributed by atoms with E-state index in [4.69, 9.17) is 16.1 Å². The lowest BCUT2D eigenvalue weighted by Gasteiger charge is -2.41. The number of hydrogen-bond donors (Lipinski definition) is 1. The van der Waals surface area contributed by atoms with Crippen molar-refractivity contribution in [1.29, 1.82) is 0 Å². The Morgan fingerprint density at radius 1 is 1.12 bits per heavy atom. The number of aromatic nitrogens is 2. The quantitative estimate of drug-likeness (QED) is 0.622. The van der Waals surface area contributed by atoms with Crippen LogP contribution in [0.5, 0.6) is 0 Å². The number of imide groups is 1. The molecule has 5 rings (SSSR count). The minimum Gasteiger partial charge on any atom is -0.339 e. The van der Waals surface area contributed by atoms with Gasteiger partial charge in [-0.1, -0.05) is 53.2 Å². The Kier molecular flexibility index (Phi) is 5.43. The molecule has 8 heteroatoms. The number of rotatable bonds is 4. The predicted molar refractivity (Wildman–Crippen MR) is 119 cm³/mol.